The second-order valence-corrected chi connectivity index (χ2v) is 6.86. The van der Waals surface area contributed by atoms with Gasteiger partial charge in [-0.1, -0.05) is 24.3 Å². The lowest BCUT2D eigenvalue weighted by molar-refractivity contribution is -0.146. The number of morpholine rings is 1. The third-order valence-electron chi connectivity index (χ3n) is 5.13. The van der Waals surface area contributed by atoms with Gasteiger partial charge < -0.3 is 19.3 Å². The van der Waals surface area contributed by atoms with Gasteiger partial charge in [-0.05, 0) is 24.3 Å². The third-order valence-corrected chi connectivity index (χ3v) is 5.13. The number of aromatic nitrogens is 1. The molecule has 1 N–H and O–H groups in total. The maximum absolute atomic E-state index is 13.1. The number of hydrogen-bond acceptors (Lipinski definition) is 4. The van der Waals surface area contributed by atoms with E-state index in [1.807, 2.05) is 28.8 Å². The number of fused-ring (bicyclic) bond motifs is 2. The van der Waals surface area contributed by atoms with Crippen LogP contribution in [0, 0.1) is 0 Å². The van der Waals surface area contributed by atoms with Crippen molar-refractivity contribution in [3.63, 3.8) is 0 Å². The highest BCUT2D eigenvalue weighted by molar-refractivity contribution is 5.95. The third kappa shape index (κ3) is 3.25. The molecule has 0 saturated carbocycles. The summed E-state index contributed by atoms with van der Waals surface area (Å²) in [4.78, 5) is 38.7. The lowest BCUT2D eigenvalue weighted by Crippen LogP contribution is -2.50. The molecule has 0 radical (unpaired) electrons. The molecule has 144 valence electrons. The fraction of sp³-hybridized carbons (Fsp3) is 0.286. The number of para-hydroxylation sites is 2. The van der Waals surface area contributed by atoms with Crippen molar-refractivity contribution >= 4 is 33.7 Å². The van der Waals surface area contributed by atoms with Gasteiger partial charge in [0.05, 0.1) is 36.7 Å². The number of benzene rings is 2. The fourth-order valence-corrected chi connectivity index (χ4v) is 3.83. The van der Waals surface area contributed by atoms with Crippen molar-refractivity contribution < 1.29 is 19.4 Å². The summed E-state index contributed by atoms with van der Waals surface area (Å²) in [6.45, 7) is 0.974. The molecule has 7 nitrogen and oxygen atoms in total. The molecular formula is C21H20N2O5. The number of carbonyl (C=O) groups excluding carboxylic acids is 1. The van der Waals surface area contributed by atoms with Gasteiger partial charge in [-0.15, -0.1) is 0 Å². The predicted molar refractivity (Wildman–Crippen MR) is 104 cm³/mol. The second kappa shape index (κ2) is 7.44. The maximum Gasteiger partial charge on any atom is 0.305 e. The zero-order valence-corrected chi connectivity index (χ0v) is 15.2. The van der Waals surface area contributed by atoms with E-state index < -0.39 is 12.0 Å². The van der Waals surface area contributed by atoms with Crippen LogP contribution in [-0.4, -0.2) is 52.3 Å². The highest BCUT2D eigenvalue weighted by Gasteiger charge is 2.29. The quantitative estimate of drug-likeness (QED) is 0.698. The van der Waals surface area contributed by atoms with Crippen molar-refractivity contribution in [1.29, 1.82) is 0 Å². The topological polar surface area (TPSA) is 88.8 Å². The van der Waals surface area contributed by atoms with Gasteiger partial charge in [-0.25, -0.2) is 0 Å². The van der Waals surface area contributed by atoms with Crippen LogP contribution in [0.3, 0.4) is 0 Å². The number of nitrogens with zero attached hydrogens (tertiary/aromatic N) is 2. The van der Waals surface area contributed by atoms with Crippen molar-refractivity contribution in [2.75, 3.05) is 19.8 Å². The molecule has 0 spiro atoms. The molecule has 1 aliphatic heterocycles. The van der Waals surface area contributed by atoms with Crippen LogP contribution >= 0.6 is 0 Å². The Labute approximate surface area is 160 Å². The largest absolute Gasteiger partial charge is 0.481 e. The Hall–Kier alpha value is -3.19. The van der Waals surface area contributed by atoms with E-state index in [1.165, 1.54) is 0 Å². The van der Waals surface area contributed by atoms with Gasteiger partial charge in [-0.3, -0.25) is 14.4 Å². The SMILES string of the molecule is O=C(O)CC1COCCN1C(=O)Cn1c2ccccc2c(=O)c2ccccc21. The molecule has 28 heavy (non-hydrogen) atoms. The first-order valence-electron chi connectivity index (χ1n) is 9.15. The predicted octanol–water partition coefficient (Wildman–Crippen LogP) is 1.86. The summed E-state index contributed by atoms with van der Waals surface area (Å²) in [5.74, 6) is -1.15. The molecule has 7 heteroatoms. The molecule has 0 bridgehead atoms. The summed E-state index contributed by atoms with van der Waals surface area (Å²) in [6.07, 6.45) is -0.155. The summed E-state index contributed by atoms with van der Waals surface area (Å²) in [6, 6.07) is 13.9. The van der Waals surface area contributed by atoms with Crippen LogP contribution in [-0.2, 0) is 20.9 Å². The minimum absolute atomic E-state index is 0.0252. The van der Waals surface area contributed by atoms with E-state index in [4.69, 9.17) is 9.84 Å². The standard InChI is InChI=1S/C21H20N2O5/c24-19(22-9-10-28-13-14(22)11-20(25)26)12-23-17-7-3-1-5-15(17)21(27)16-6-2-4-8-18(16)23/h1-8,14H,9-13H2,(H,25,26). The molecule has 2 aromatic carbocycles. The van der Waals surface area contributed by atoms with E-state index in [-0.39, 0.29) is 30.9 Å². The van der Waals surface area contributed by atoms with Crippen molar-refractivity contribution in [3.8, 4) is 0 Å². The Bertz CT molecular complexity index is 1060. The van der Waals surface area contributed by atoms with Crippen molar-refractivity contribution in [3.05, 3.63) is 58.8 Å². The Morgan fingerprint density at radius 2 is 1.64 bits per heavy atom. The normalized spacial score (nSPS) is 17.1. The number of pyridine rings is 1. The van der Waals surface area contributed by atoms with Gasteiger partial charge >= 0.3 is 5.97 Å². The van der Waals surface area contributed by atoms with Crippen LogP contribution in [0.15, 0.2) is 53.3 Å². The fourth-order valence-electron chi connectivity index (χ4n) is 3.83. The molecule has 1 fully saturated rings. The number of hydrogen-bond donors (Lipinski definition) is 1. The number of carboxylic acid groups (broad SMARTS) is 1. The lowest BCUT2D eigenvalue weighted by Gasteiger charge is -2.35. The highest BCUT2D eigenvalue weighted by Crippen LogP contribution is 2.20. The van der Waals surface area contributed by atoms with E-state index in [0.29, 0.717) is 35.0 Å². The summed E-state index contributed by atoms with van der Waals surface area (Å²) >= 11 is 0. The van der Waals surface area contributed by atoms with Gasteiger partial charge in [-0.2, -0.15) is 0 Å². The van der Waals surface area contributed by atoms with Crippen molar-refractivity contribution in [1.82, 2.24) is 9.47 Å². The molecule has 1 unspecified atom stereocenters. The summed E-state index contributed by atoms with van der Waals surface area (Å²) in [5, 5.41) is 10.2. The van der Waals surface area contributed by atoms with Crippen LogP contribution in [0.5, 0.6) is 0 Å². The first-order chi connectivity index (χ1) is 13.6. The average Bonchev–Trinajstić information content (AvgIpc) is 2.71. The number of carbonyl (C=O) groups is 2. The minimum Gasteiger partial charge on any atom is -0.481 e. The van der Waals surface area contributed by atoms with Gasteiger partial charge in [0.25, 0.3) is 0 Å². The maximum atomic E-state index is 13.1. The average molecular weight is 380 g/mol. The molecule has 1 saturated heterocycles. The van der Waals surface area contributed by atoms with E-state index in [1.54, 1.807) is 29.2 Å². The Morgan fingerprint density at radius 1 is 1.04 bits per heavy atom. The number of carboxylic acids is 1. The van der Waals surface area contributed by atoms with Gasteiger partial charge in [0.2, 0.25) is 5.91 Å². The molecule has 4 rings (SSSR count). The zero-order valence-electron chi connectivity index (χ0n) is 15.2. The molecule has 1 aromatic heterocycles. The summed E-state index contributed by atoms with van der Waals surface area (Å²) < 4.78 is 7.20. The van der Waals surface area contributed by atoms with Crippen LogP contribution in [0.25, 0.3) is 21.8 Å². The molecule has 3 aromatic rings. The van der Waals surface area contributed by atoms with E-state index in [2.05, 4.69) is 0 Å². The van der Waals surface area contributed by atoms with E-state index in [9.17, 15) is 14.4 Å². The van der Waals surface area contributed by atoms with E-state index >= 15 is 0 Å². The summed E-state index contributed by atoms with van der Waals surface area (Å²) in [5.41, 5.74) is 1.30. The van der Waals surface area contributed by atoms with Crippen LogP contribution in [0.4, 0.5) is 0 Å². The van der Waals surface area contributed by atoms with Crippen LogP contribution in [0.2, 0.25) is 0 Å². The number of ether oxygens (including phenoxy) is 1. The monoisotopic (exact) mass is 380 g/mol. The van der Waals surface area contributed by atoms with Crippen molar-refractivity contribution in [2.24, 2.45) is 0 Å². The first kappa shape index (κ1) is 18.2. The molecule has 1 aliphatic rings. The zero-order chi connectivity index (χ0) is 19.7. The molecule has 1 atom stereocenters. The van der Waals surface area contributed by atoms with Crippen molar-refractivity contribution in [2.45, 2.75) is 19.0 Å². The van der Waals surface area contributed by atoms with E-state index in [0.717, 1.165) is 0 Å². The Kier molecular flexibility index (Phi) is 4.83. The molecule has 2 heterocycles. The van der Waals surface area contributed by atoms with Crippen LogP contribution < -0.4 is 5.43 Å². The molecule has 0 aliphatic carbocycles. The lowest BCUT2D eigenvalue weighted by atomic mass is 10.1. The van der Waals surface area contributed by atoms with Crippen LogP contribution in [0.1, 0.15) is 6.42 Å². The number of amides is 1. The Morgan fingerprint density at radius 3 is 2.25 bits per heavy atom. The number of aliphatic carboxylic acids is 1. The first-order valence-corrected chi connectivity index (χ1v) is 9.15. The van der Waals surface area contributed by atoms with Gasteiger partial charge in [0.15, 0.2) is 5.43 Å². The highest BCUT2D eigenvalue weighted by atomic mass is 16.5. The molecule has 1 amide bonds. The second-order valence-electron chi connectivity index (χ2n) is 6.86. The molecular weight excluding hydrogens is 360 g/mol. The van der Waals surface area contributed by atoms with Gasteiger partial charge in [0.1, 0.15) is 6.54 Å². The Balaban J connectivity index is 1.78. The minimum atomic E-state index is -0.965. The smallest absolute Gasteiger partial charge is 0.305 e. The number of rotatable bonds is 4. The van der Waals surface area contributed by atoms with Gasteiger partial charge in [0, 0.05) is 17.3 Å². The summed E-state index contributed by atoms with van der Waals surface area (Å²) in [7, 11) is 0.